The number of methoxy groups -OCH3 is 1. The van der Waals surface area contributed by atoms with Crippen LogP contribution >= 0.6 is 0 Å². The maximum atomic E-state index is 14.1. The number of ether oxygens (including phenoxy) is 5. The molecule has 47 heavy (non-hydrogen) atoms. The number of carbonyl (C=O) groups is 3. The van der Waals surface area contributed by atoms with Gasteiger partial charge in [-0.1, -0.05) is 6.92 Å². The zero-order chi connectivity index (χ0) is 34.8. The molecule has 3 saturated heterocycles. The summed E-state index contributed by atoms with van der Waals surface area (Å²) in [6.07, 6.45) is -0.162. The Hall–Kier alpha value is -1.87. The van der Waals surface area contributed by atoms with E-state index >= 15 is 0 Å². The second-order valence-corrected chi connectivity index (χ2v) is 15.2. The Balaban J connectivity index is 1.61. The van der Waals surface area contributed by atoms with Gasteiger partial charge in [0.1, 0.15) is 18.1 Å². The monoisotopic (exact) mass is 668 g/mol. The van der Waals surface area contributed by atoms with E-state index in [1.807, 2.05) is 32.8 Å². The Morgan fingerprint density at radius 3 is 2.34 bits per heavy atom. The van der Waals surface area contributed by atoms with Crippen LogP contribution in [0.5, 0.6) is 0 Å². The van der Waals surface area contributed by atoms with Gasteiger partial charge in [0, 0.05) is 38.2 Å². The number of amides is 1. The topological polar surface area (TPSA) is 148 Å². The zero-order valence-electron chi connectivity index (χ0n) is 30.1. The van der Waals surface area contributed by atoms with Gasteiger partial charge in [0.25, 0.3) is 0 Å². The molecule has 3 heterocycles. The SMILES string of the molecule is CO[C@]1(C)CCCN[C@H](C)[C@H]2NC(=O)O[C@]2(C)[C@@H](C)OC(=O)C(C)C(=O)[C@H](C)[C@H]1OC1OC(CN(C)CC2CC2)CC(N(C)C)C1O. The lowest BCUT2D eigenvalue weighted by Gasteiger charge is -2.47. The molecule has 1 saturated carbocycles. The first-order valence-corrected chi connectivity index (χ1v) is 17.4. The summed E-state index contributed by atoms with van der Waals surface area (Å²) in [6, 6.07) is -0.927. The third-order valence-corrected chi connectivity index (χ3v) is 11.1. The number of cyclic esters (lactones) is 1. The first-order chi connectivity index (χ1) is 22.0. The maximum absolute atomic E-state index is 14.1. The highest BCUT2D eigenvalue weighted by atomic mass is 16.7. The first-order valence-electron chi connectivity index (χ1n) is 17.4. The number of carbonyl (C=O) groups excluding carboxylic acids is 3. The van der Waals surface area contributed by atoms with Crippen LogP contribution in [0.1, 0.15) is 73.6 Å². The van der Waals surface area contributed by atoms with Crippen LogP contribution in [0.4, 0.5) is 4.79 Å². The van der Waals surface area contributed by atoms with Gasteiger partial charge in [-0.05, 0) is 100 Å². The molecular weight excluding hydrogens is 608 g/mol. The van der Waals surface area contributed by atoms with Crippen LogP contribution in [0.15, 0.2) is 0 Å². The van der Waals surface area contributed by atoms with Crippen LogP contribution in [0.2, 0.25) is 0 Å². The minimum Gasteiger partial charge on any atom is -0.458 e. The van der Waals surface area contributed by atoms with E-state index in [1.54, 1.807) is 27.9 Å². The summed E-state index contributed by atoms with van der Waals surface area (Å²) in [5, 5.41) is 17.9. The molecule has 5 unspecified atom stereocenters. The van der Waals surface area contributed by atoms with E-state index in [4.69, 9.17) is 23.7 Å². The van der Waals surface area contributed by atoms with E-state index in [9.17, 15) is 19.5 Å². The fraction of sp³-hybridized carbons (Fsp3) is 0.912. The van der Waals surface area contributed by atoms with E-state index in [0.717, 1.165) is 12.5 Å². The normalized spacial score (nSPS) is 42.7. The Morgan fingerprint density at radius 2 is 1.72 bits per heavy atom. The summed E-state index contributed by atoms with van der Waals surface area (Å²) in [6.45, 7) is 12.8. The number of aliphatic hydroxyl groups excluding tert-OH is 1. The molecule has 3 N–H and O–H groups in total. The van der Waals surface area contributed by atoms with Crippen LogP contribution in [0.25, 0.3) is 0 Å². The van der Waals surface area contributed by atoms with Crippen molar-refractivity contribution in [3.63, 3.8) is 0 Å². The number of hydrogen-bond acceptors (Lipinski definition) is 12. The molecule has 4 aliphatic rings. The van der Waals surface area contributed by atoms with Gasteiger partial charge in [-0.2, -0.15) is 0 Å². The molecule has 1 amide bonds. The number of nitrogens with one attached hydrogen (secondary N) is 2. The number of aliphatic hydroxyl groups is 1. The molecule has 4 fully saturated rings. The summed E-state index contributed by atoms with van der Waals surface area (Å²) < 4.78 is 30.8. The highest BCUT2D eigenvalue weighted by molar-refractivity contribution is 6.00. The molecule has 0 radical (unpaired) electrons. The molecule has 3 aliphatic heterocycles. The Bertz CT molecular complexity index is 1110. The van der Waals surface area contributed by atoms with Crippen LogP contribution in [-0.2, 0) is 33.3 Å². The van der Waals surface area contributed by atoms with Crippen LogP contribution in [0, 0.1) is 17.8 Å². The number of hydrogen-bond donors (Lipinski definition) is 3. The van der Waals surface area contributed by atoms with Crippen LogP contribution < -0.4 is 10.6 Å². The molecular formula is C34H60N4O9. The average Bonchev–Trinajstić information content (AvgIpc) is 3.77. The van der Waals surface area contributed by atoms with Gasteiger partial charge in [-0.3, -0.25) is 9.59 Å². The van der Waals surface area contributed by atoms with Crippen molar-refractivity contribution in [1.82, 2.24) is 20.4 Å². The molecule has 0 aromatic rings. The Kier molecular flexibility index (Phi) is 12.4. The van der Waals surface area contributed by atoms with Gasteiger partial charge in [0.05, 0.1) is 23.9 Å². The van der Waals surface area contributed by atoms with Gasteiger partial charge in [-0.15, -0.1) is 0 Å². The molecule has 12 atom stereocenters. The Morgan fingerprint density at radius 1 is 1.04 bits per heavy atom. The van der Waals surface area contributed by atoms with Crippen molar-refractivity contribution in [3.05, 3.63) is 0 Å². The zero-order valence-corrected chi connectivity index (χ0v) is 30.1. The molecule has 0 aromatic heterocycles. The number of alkyl carbamates (subject to hydrolysis) is 1. The third-order valence-electron chi connectivity index (χ3n) is 11.1. The summed E-state index contributed by atoms with van der Waals surface area (Å²) in [5.74, 6) is -2.32. The van der Waals surface area contributed by atoms with Crippen LogP contribution in [-0.4, -0.2) is 141 Å². The van der Waals surface area contributed by atoms with Crippen molar-refractivity contribution in [2.75, 3.05) is 47.9 Å². The standard InChI is InChI=1S/C34H60N4O9/c1-19-26(39)20(2)30(41)44-22(4)34(6)28(36-32(42)47-34)21(3)35-15-11-14-33(5,43-10)29(19)46-31-27(40)25(37(7)8)16-24(45-31)18-38(9)17-23-12-13-23/h19-25,27-29,31,35,40H,11-18H2,1-10H3,(H,36,42)/t19-,20?,21+,22+,24?,25?,27?,28+,29+,31?,33+,34+/m0/s1. The van der Waals surface area contributed by atoms with Gasteiger partial charge >= 0.3 is 12.1 Å². The number of nitrogens with zero attached hydrogens (tertiary/aromatic N) is 2. The van der Waals surface area contributed by atoms with Crippen molar-refractivity contribution < 1.29 is 43.2 Å². The third kappa shape index (κ3) is 8.66. The second kappa shape index (κ2) is 15.3. The van der Waals surface area contributed by atoms with E-state index in [0.29, 0.717) is 32.4 Å². The van der Waals surface area contributed by atoms with E-state index in [2.05, 4.69) is 22.6 Å². The summed E-state index contributed by atoms with van der Waals surface area (Å²) in [7, 11) is 7.55. The minimum atomic E-state index is -1.15. The largest absolute Gasteiger partial charge is 0.458 e. The smallest absolute Gasteiger partial charge is 0.408 e. The van der Waals surface area contributed by atoms with Gasteiger partial charge in [0.2, 0.25) is 0 Å². The number of rotatable bonds is 8. The van der Waals surface area contributed by atoms with Crippen molar-refractivity contribution >= 4 is 17.8 Å². The molecule has 13 heteroatoms. The molecule has 0 aromatic carbocycles. The fourth-order valence-corrected chi connectivity index (χ4v) is 7.58. The summed E-state index contributed by atoms with van der Waals surface area (Å²) in [4.78, 5) is 44.2. The number of ketones is 1. The lowest BCUT2D eigenvalue weighted by molar-refractivity contribution is -0.298. The van der Waals surface area contributed by atoms with Crippen molar-refractivity contribution in [2.45, 2.75) is 134 Å². The van der Waals surface area contributed by atoms with Crippen molar-refractivity contribution in [1.29, 1.82) is 0 Å². The predicted molar refractivity (Wildman–Crippen MR) is 175 cm³/mol. The highest BCUT2D eigenvalue weighted by Crippen LogP contribution is 2.37. The molecule has 0 bridgehead atoms. The molecule has 270 valence electrons. The lowest BCUT2D eigenvalue weighted by Crippen LogP contribution is -2.60. The number of likely N-dealkylation sites (N-methyl/N-ethyl adjacent to an activating group) is 2. The van der Waals surface area contributed by atoms with E-state index in [1.165, 1.54) is 19.8 Å². The maximum Gasteiger partial charge on any atom is 0.408 e. The predicted octanol–water partition coefficient (Wildman–Crippen LogP) is 1.94. The molecule has 13 nitrogen and oxygen atoms in total. The number of fused-ring (bicyclic) bond motifs is 1. The fourth-order valence-electron chi connectivity index (χ4n) is 7.58. The van der Waals surface area contributed by atoms with Gasteiger partial charge in [0.15, 0.2) is 17.7 Å². The van der Waals surface area contributed by atoms with E-state index in [-0.39, 0.29) is 24.0 Å². The number of Topliss-reactive ketones (excluding diaryl/α,β-unsaturated/α-hetero) is 1. The Labute approximate surface area is 280 Å². The summed E-state index contributed by atoms with van der Waals surface area (Å²) in [5.41, 5.74) is -2.14. The van der Waals surface area contributed by atoms with Gasteiger partial charge < -0.3 is 49.2 Å². The average molecular weight is 669 g/mol. The van der Waals surface area contributed by atoms with E-state index < -0.39 is 65.7 Å². The number of esters is 1. The molecule has 1 aliphatic carbocycles. The summed E-state index contributed by atoms with van der Waals surface area (Å²) >= 11 is 0. The van der Waals surface area contributed by atoms with Gasteiger partial charge in [-0.25, -0.2) is 4.79 Å². The highest BCUT2D eigenvalue weighted by Gasteiger charge is 2.54. The van der Waals surface area contributed by atoms with Crippen LogP contribution in [0.3, 0.4) is 0 Å². The van der Waals surface area contributed by atoms with Crippen molar-refractivity contribution in [3.8, 4) is 0 Å². The molecule has 4 rings (SSSR count). The quantitative estimate of drug-likeness (QED) is 0.257. The first kappa shape index (κ1) is 37.9. The minimum absolute atomic E-state index is 0.189. The lowest BCUT2D eigenvalue weighted by atomic mass is 9.80. The molecule has 0 spiro atoms. The second-order valence-electron chi connectivity index (χ2n) is 15.2. The van der Waals surface area contributed by atoms with Crippen molar-refractivity contribution in [2.24, 2.45) is 17.8 Å².